The second kappa shape index (κ2) is 44.6. The fourth-order valence-corrected chi connectivity index (χ4v) is 5.96. The molecule has 0 aromatic carbocycles. The third-order valence-corrected chi connectivity index (χ3v) is 9.44. The molecule has 0 spiro atoms. The van der Waals surface area contributed by atoms with Crippen LogP contribution in [0.2, 0.25) is 0 Å². The van der Waals surface area contributed by atoms with Crippen molar-refractivity contribution in [2.45, 2.75) is 213 Å². The predicted octanol–water partition coefficient (Wildman–Crippen LogP) is 14.7. The summed E-state index contributed by atoms with van der Waals surface area (Å²) in [6.07, 6.45) is 54.6. The number of carbonyl (C=O) groups excluding carboxylic acids is 3. The van der Waals surface area contributed by atoms with E-state index in [1.165, 1.54) is 70.6 Å². The summed E-state index contributed by atoms with van der Waals surface area (Å²) < 4.78 is 16.7. The first-order valence-electron chi connectivity index (χ1n) is 23.0. The minimum atomic E-state index is -0.801. The standard InChI is InChI=1S/C50H84O6/c1-4-7-10-13-16-19-22-24-25-26-29-31-34-37-40-43-49(52)55-46-47(45-54-48(51)42-39-36-33-30-27-21-18-15-12-9-6-3)56-50(53)44-41-38-35-32-28-23-20-17-14-11-8-5-2/h8,11,15-20,22,24,28,32,47H,4-7,9-10,12-14,21,23,25-27,29-31,33-46H2,1-3H3/b11-8-,18-15-,19-16-,20-17-,24-22-,32-28-. The highest BCUT2D eigenvalue weighted by molar-refractivity contribution is 5.71. The van der Waals surface area contributed by atoms with Gasteiger partial charge < -0.3 is 14.2 Å². The van der Waals surface area contributed by atoms with Crippen molar-refractivity contribution in [3.63, 3.8) is 0 Å². The van der Waals surface area contributed by atoms with E-state index in [1.54, 1.807) is 0 Å². The Bertz CT molecular complexity index is 1080. The van der Waals surface area contributed by atoms with Crippen LogP contribution >= 0.6 is 0 Å². The van der Waals surface area contributed by atoms with Crippen molar-refractivity contribution >= 4 is 17.9 Å². The molecule has 0 aliphatic heterocycles. The van der Waals surface area contributed by atoms with Crippen molar-refractivity contribution in [3.8, 4) is 0 Å². The zero-order chi connectivity index (χ0) is 40.8. The summed E-state index contributed by atoms with van der Waals surface area (Å²) in [7, 11) is 0. The maximum absolute atomic E-state index is 12.7. The van der Waals surface area contributed by atoms with E-state index in [4.69, 9.17) is 14.2 Å². The molecule has 6 nitrogen and oxygen atoms in total. The maximum Gasteiger partial charge on any atom is 0.306 e. The molecule has 0 aliphatic carbocycles. The van der Waals surface area contributed by atoms with Crippen molar-refractivity contribution in [3.05, 3.63) is 72.9 Å². The summed E-state index contributed by atoms with van der Waals surface area (Å²) in [6, 6.07) is 0. The number of allylic oxidation sites excluding steroid dienone is 12. The predicted molar refractivity (Wildman–Crippen MR) is 238 cm³/mol. The topological polar surface area (TPSA) is 78.9 Å². The van der Waals surface area contributed by atoms with E-state index in [9.17, 15) is 14.4 Å². The van der Waals surface area contributed by atoms with Gasteiger partial charge in [-0.15, -0.1) is 0 Å². The fraction of sp³-hybridized carbons (Fsp3) is 0.700. The Hall–Kier alpha value is -3.15. The summed E-state index contributed by atoms with van der Waals surface area (Å²) in [5.41, 5.74) is 0. The number of hydrogen-bond donors (Lipinski definition) is 0. The van der Waals surface area contributed by atoms with Gasteiger partial charge in [0.1, 0.15) is 13.2 Å². The van der Waals surface area contributed by atoms with Gasteiger partial charge in [0.25, 0.3) is 0 Å². The minimum absolute atomic E-state index is 0.100. The summed E-state index contributed by atoms with van der Waals surface area (Å²) >= 11 is 0. The molecule has 0 bridgehead atoms. The van der Waals surface area contributed by atoms with Gasteiger partial charge in [-0.2, -0.15) is 0 Å². The van der Waals surface area contributed by atoms with Crippen LogP contribution in [0.25, 0.3) is 0 Å². The number of esters is 3. The molecule has 0 rings (SSSR count). The molecule has 320 valence electrons. The number of ether oxygens (including phenoxy) is 3. The number of carbonyl (C=O) groups is 3. The second-order valence-corrected chi connectivity index (χ2v) is 14.9. The van der Waals surface area contributed by atoms with Crippen molar-refractivity contribution in [1.82, 2.24) is 0 Å². The van der Waals surface area contributed by atoms with Crippen LogP contribution in [0.1, 0.15) is 207 Å². The highest BCUT2D eigenvalue weighted by atomic mass is 16.6. The van der Waals surface area contributed by atoms with Gasteiger partial charge in [-0.05, 0) is 96.3 Å². The molecule has 0 amide bonds. The lowest BCUT2D eigenvalue weighted by molar-refractivity contribution is -0.167. The lowest BCUT2D eigenvalue weighted by Crippen LogP contribution is -2.30. The molecule has 1 atom stereocenters. The molecule has 0 heterocycles. The van der Waals surface area contributed by atoms with Crippen LogP contribution in [0, 0.1) is 0 Å². The van der Waals surface area contributed by atoms with Crippen LogP contribution in [-0.2, 0) is 28.6 Å². The van der Waals surface area contributed by atoms with Crippen molar-refractivity contribution in [2.24, 2.45) is 0 Å². The van der Waals surface area contributed by atoms with Crippen LogP contribution < -0.4 is 0 Å². The average molecular weight is 781 g/mol. The molecule has 56 heavy (non-hydrogen) atoms. The van der Waals surface area contributed by atoms with E-state index >= 15 is 0 Å². The van der Waals surface area contributed by atoms with E-state index in [-0.39, 0.29) is 37.5 Å². The number of unbranched alkanes of at least 4 members (excludes halogenated alkanes) is 18. The lowest BCUT2D eigenvalue weighted by atomic mass is 10.1. The molecular weight excluding hydrogens is 697 g/mol. The Morgan fingerprint density at radius 2 is 0.768 bits per heavy atom. The zero-order valence-corrected chi connectivity index (χ0v) is 36.4. The van der Waals surface area contributed by atoms with Crippen molar-refractivity contribution < 1.29 is 28.6 Å². The summed E-state index contributed by atoms with van der Waals surface area (Å²) in [6.45, 7) is 6.38. The zero-order valence-electron chi connectivity index (χ0n) is 36.4. The molecule has 0 aromatic heterocycles. The Balaban J connectivity index is 4.46. The van der Waals surface area contributed by atoms with Crippen LogP contribution in [0.3, 0.4) is 0 Å². The van der Waals surface area contributed by atoms with Gasteiger partial charge in [-0.3, -0.25) is 14.4 Å². The third-order valence-electron chi connectivity index (χ3n) is 9.44. The van der Waals surface area contributed by atoms with Gasteiger partial charge in [0.05, 0.1) is 0 Å². The van der Waals surface area contributed by atoms with Gasteiger partial charge in [-0.25, -0.2) is 0 Å². The maximum atomic E-state index is 12.7. The van der Waals surface area contributed by atoms with Gasteiger partial charge in [0.15, 0.2) is 6.10 Å². The van der Waals surface area contributed by atoms with Gasteiger partial charge >= 0.3 is 17.9 Å². The van der Waals surface area contributed by atoms with Crippen LogP contribution in [0.15, 0.2) is 72.9 Å². The molecule has 0 fully saturated rings. The molecule has 6 heteroatoms. The molecule has 0 aromatic rings. The molecule has 0 aliphatic rings. The Kier molecular flexibility index (Phi) is 42.1. The van der Waals surface area contributed by atoms with Crippen molar-refractivity contribution in [1.29, 1.82) is 0 Å². The molecule has 0 saturated heterocycles. The summed E-state index contributed by atoms with van der Waals surface area (Å²) in [5.74, 6) is -0.967. The molecule has 0 N–H and O–H groups in total. The normalized spacial score (nSPS) is 12.7. The Morgan fingerprint density at radius 3 is 1.30 bits per heavy atom. The fourth-order valence-electron chi connectivity index (χ4n) is 5.96. The first-order valence-corrected chi connectivity index (χ1v) is 23.0. The third kappa shape index (κ3) is 42.0. The largest absolute Gasteiger partial charge is 0.462 e. The van der Waals surface area contributed by atoms with Crippen LogP contribution in [0.4, 0.5) is 0 Å². The molecular formula is C50H84O6. The summed E-state index contributed by atoms with van der Waals surface area (Å²) in [5, 5.41) is 0. The quantitative estimate of drug-likeness (QED) is 0.0203. The highest BCUT2D eigenvalue weighted by Crippen LogP contribution is 2.12. The lowest BCUT2D eigenvalue weighted by Gasteiger charge is -2.18. The van der Waals surface area contributed by atoms with E-state index in [0.717, 1.165) is 89.9 Å². The Labute approximate surface area is 344 Å². The average Bonchev–Trinajstić information content (AvgIpc) is 3.19. The van der Waals surface area contributed by atoms with Gasteiger partial charge in [-0.1, -0.05) is 164 Å². The SMILES string of the molecule is CC/C=C\C/C=C\C/C=C\CCCCC(=O)OC(COC(=O)CCCCCCC/C=C\CCCC)COC(=O)CCCCCCCC/C=C\C=C/CCCCC. The molecule has 0 radical (unpaired) electrons. The minimum Gasteiger partial charge on any atom is -0.462 e. The van der Waals surface area contributed by atoms with E-state index < -0.39 is 6.10 Å². The first kappa shape index (κ1) is 52.9. The highest BCUT2D eigenvalue weighted by Gasteiger charge is 2.19. The Morgan fingerprint density at radius 1 is 0.393 bits per heavy atom. The number of hydrogen-bond acceptors (Lipinski definition) is 6. The monoisotopic (exact) mass is 781 g/mol. The van der Waals surface area contributed by atoms with E-state index in [2.05, 4.69) is 93.7 Å². The smallest absolute Gasteiger partial charge is 0.306 e. The van der Waals surface area contributed by atoms with Gasteiger partial charge in [0.2, 0.25) is 0 Å². The number of rotatable bonds is 40. The van der Waals surface area contributed by atoms with Gasteiger partial charge in [0, 0.05) is 19.3 Å². The van der Waals surface area contributed by atoms with E-state index in [1.807, 2.05) is 0 Å². The molecule has 0 saturated carbocycles. The second-order valence-electron chi connectivity index (χ2n) is 14.9. The van der Waals surface area contributed by atoms with Crippen molar-refractivity contribution in [2.75, 3.05) is 13.2 Å². The van der Waals surface area contributed by atoms with E-state index in [0.29, 0.717) is 19.3 Å². The van der Waals surface area contributed by atoms with Crippen LogP contribution in [-0.4, -0.2) is 37.2 Å². The van der Waals surface area contributed by atoms with Crippen LogP contribution in [0.5, 0.6) is 0 Å². The summed E-state index contributed by atoms with van der Waals surface area (Å²) in [4.78, 5) is 37.7. The molecule has 1 unspecified atom stereocenters. The first-order chi connectivity index (χ1) is 27.5.